The number of nitriles is 1. The molecule has 0 fully saturated rings. The first-order chi connectivity index (χ1) is 18.6. The number of rotatable bonds is 6. The van der Waals surface area contributed by atoms with Crippen LogP contribution in [-0.2, 0) is 14.3 Å². The van der Waals surface area contributed by atoms with Gasteiger partial charge in [-0.3, -0.25) is 14.2 Å². The third-order valence-electron chi connectivity index (χ3n) is 6.35. The molecule has 0 unspecified atom stereocenters. The number of nitrogens with two attached hydrogens (primary N) is 1. The Morgan fingerprint density at radius 1 is 1.13 bits per heavy atom. The number of aromatic nitrogens is 1. The van der Waals surface area contributed by atoms with Gasteiger partial charge in [-0.1, -0.05) is 23.8 Å². The van der Waals surface area contributed by atoms with E-state index in [0.29, 0.717) is 22.7 Å². The summed E-state index contributed by atoms with van der Waals surface area (Å²) in [6, 6.07) is 12.6. The number of hydrogen-bond acceptors (Lipinski definition) is 9. The molecule has 1 aliphatic rings. The summed E-state index contributed by atoms with van der Waals surface area (Å²) in [6.07, 6.45) is 1.03. The Morgan fingerprint density at radius 2 is 1.87 bits per heavy atom. The zero-order valence-corrected chi connectivity index (χ0v) is 22.8. The Morgan fingerprint density at radius 3 is 2.49 bits per heavy atom. The number of allylic oxidation sites excluding steroid dienone is 1. The van der Waals surface area contributed by atoms with Crippen LogP contribution in [0.2, 0.25) is 0 Å². The summed E-state index contributed by atoms with van der Waals surface area (Å²) in [5, 5.41) is 13.2. The molecule has 2 aromatic carbocycles. The number of nitrogens with one attached hydrogen (secondary N) is 1. The van der Waals surface area contributed by atoms with E-state index >= 15 is 0 Å². The number of hydrogen-bond donors (Lipinski definition) is 2. The monoisotopic (exact) mass is 546 g/mol. The SMILES string of the molecule is COC(=O)/C=c1\sc2n(c1=O)C(N)=C(C#N)[C@H](c1ccc(OC)cc1OC)C=2C(=O)Nc1ccc(C)cc1C. The number of methoxy groups -OCH3 is 3. The lowest BCUT2D eigenvalue weighted by atomic mass is 9.82. The van der Waals surface area contributed by atoms with Gasteiger partial charge >= 0.3 is 5.97 Å². The Hall–Kier alpha value is -4.82. The standard InChI is InChI=1S/C28H26N4O6S/c1-14-6-9-19(15(2)10-14)31-26(34)24-23(17-8-7-16(36-3)11-20(17)37-4)18(13-29)25(30)32-27(35)21(39-28(24)32)12-22(33)38-5/h6-12,23H,30H2,1-5H3,(H,31,34)/b21-12-/t23-/m0/s1. The van der Waals surface area contributed by atoms with E-state index in [1.807, 2.05) is 26.0 Å². The minimum atomic E-state index is -0.995. The van der Waals surface area contributed by atoms with Crippen LogP contribution in [0.5, 0.6) is 11.5 Å². The zero-order valence-electron chi connectivity index (χ0n) is 21.9. The lowest BCUT2D eigenvalue weighted by molar-refractivity contribution is -0.133. The number of esters is 1. The van der Waals surface area contributed by atoms with Crippen LogP contribution in [0.3, 0.4) is 0 Å². The molecule has 39 heavy (non-hydrogen) atoms. The van der Waals surface area contributed by atoms with Crippen LogP contribution in [0, 0.1) is 25.2 Å². The van der Waals surface area contributed by atoms with Crippen molar-refractivity contribution in [3.8, 4) is 17.6 Å². The van der Waals surface area contributed by atoms with Crippen LogP contribution < -0.4 is 35.3 Å². The summed E-state index contributed by atoms with van der Waals surface area (Å²) in [7, 11) is 4.15. The van der Waals surface area contributed by atoms with E-state index in [9.17, 15) is 19.6 Å². The summed E-state index contributed by atoms with van der Waals surface area (Å²) in [5.41, 5.74) is 8.69. The highest BCUT2D eigenvalue weighted by Gasteiger charge is 2.37. The fourth-order valence-corrected chi connectivity index (χ4v) is 5.58. The van der Waals surface area contributed by atoms with E-state index in [1.54, 1.807) is 24.3 Å². The number of fused-ring (bicyclic) bond motifs is 1. The molecule has 2 heterocycles. The van der Waals surface area contributed by atoms with Gasteiger partial charge in [-0.15, -0.1) is 11.3 Å². The van der Waals surface area contributed by atoms with Gasteiger partial charge in [-0.2, -0.15) is 5.26 Å². The van der Waals surface area contributed by atoms with E-state index in [1.165, 1.54) is 21.3 Å². The van der Waals surface area contributed by atoms with Crippen molar-refractivity contribution in [2.45, 2.75) is 19.8 Å². The summed E-state index contributed by atoms with van der Waals surface area (Å²) < 4.78 is 16.9. The number of carbonyl (C=O) groups is 2. The van der Waals surface area contributed by atoms with Gasteiger partial charge < -0.3 is 25.3 Å². The summed E-state index contributed by atoms with van der Waals surface area (Å²) >= 11 is 0.902. The Kier molecular flexibility index (Phi) is 7.60. The second-order valence-corrected chi connectivity index (χ2v) is 9.75. The maximum atomic E-state index is 14.0. The zero-order chi connectivity index (χ0) is 28.4. The van der Waals surface area contributed by atoms with E-state index < -0.39 is 23.4 Å². The molecule has 200 valence electrons. The van der Waals surface area contributed by atoms with Crippen LogP contribution in [0.25, 0.3) is 17.5 Å². The van der Waals surface area contributed by atoms with Gasteiger partial charge in [-0.05, 0) is 31.5 Å². The third kappa shape index (κ3) is 4.89. The maximum absolute atomic E-state index is 14.0. The van der Waals surface area contributed by atoms with E-state index in [2.05, 4.69) is 16.1 Å². The van der Waals surface area contributed by atoms with Crippen LogP contribution in [0.4, 0.5) is 5.69 Å². The molecule has 1 atom stereocenters. The molecule has 11 heteroatoms. The first-order valence-corrected chi connectivity index (χ1v) is 12.5. The highest BCUT2D eigenvalue weighted by molar-refractivity contribution is 7.07. The fourth-order valence-electron chi connectivity index (χ4n) is 4.44. The Bertz CT molecular complexity index is 1760. The highest BCUT2D eigenvalue weighted by Crippen LogP contribution is 2.42. The van der Waals surface area contributed by atoms with Gasteiger partial charge in [0.2, 0.25) is 0 Å². The largest absolute Gasteiger partial charge is 0.497 e. The summed E-state index contributed by atoms with van der Waals surface area (Å²) in [4.78, 5) is 39.3. The van der Waals surface area contributed by atoms with Crippen molar-refractivity contribution < 1.29 is 23.8 Å². The number of anilines is 1. The summed E-state index contributed by atoms with van der Waals surface area (Å²) in [5.74, 6) is -1.58. The molecule has 0 radical (unpaired) electrons. The normalized spacial score (nSPS) is 14.9. The Labute approximate surface area is 227 Å². The second-order valence-electron chi connectivity index (χ2n) is 8.72. The van der Waals surface area contributed by atoms with Crippen molar-refractivity contribution in [3.05, 3.63) is 78.2 Å². The van der Waals surface area contributed by atoms with Crippen LogP contribution in [0.1, 0.15) is 22.6 Å². The topological polar surface area (TPSA) is 146 Å². The molecular formula is C28H26N4O6S. The number of benzene rings is 2. The molecule has 0 spiro atoms. The number of amides is 1. The van der Waals surface area contributed by atoms with E-state index in [4.69, 9.17) is 15.2 Å². The van der Waals surface area contributed by atoms with Crippen molar-refractivity contribution in [1.82, 2.24) is 4.57 Å². The molecule has 0 saturated heterocycles. The molecule has 3 aromatic rings. The molecule has 10 nitrogen and oxygen atoms in total. The average molecular weight is 547 g/mol. The number of aryl methyl sites for hydroxylation is 2. The van der Waals surface area contributed by atoms with E-state index in [-0.39, 0.29) is 26.2 Å². The molecule has 1 aliphatic heterocycles. The minimum Gasteiger partial charge on any atom is -0.497 e. The lowest BCUT2D eigenvalue weighted by Gasteiger charge is -2.27. The van der Waals surface area contributed by atoms with E-state index in [0.717, 1.165) is 33.1 Å². The fraction of sp³-hybridized carbons (Fsp3) is 0.214. The highest BCUT2D eigenvalue weighted by atomic mass is 32.1. The predicted molar refractivity (Wildman–Crippen MR) is 148 cm³/mol. The van der Waals surface area contributed by atoms with Crippen molar-refractivity contribution in [2.75, 3.05) is 26.6 Å². The first-order valence-electron chi connectivity index (χ1n) is 11.7. The molecule has 1 amide bonds. The average Bonchev–Trinajstić information content (AvgIpc) is 3.24. The van der Waals surface area contributed by atoms with Crippen molar-refractivity contribution in [2.24, 2.45) is 5.73 Å². The molecule has 4 rings (SSSR count). The molecule has 0 bridgehead atoms. The van der Waals surface area contributed by atoms with Crippen molar-refractivity contribution in [3.63, 3.8) is 0 Å². The van der Waals surface area contributed by atoms with Crippen LogP contribution in [0.15, 0.2) is 46.8 Å². The molecule has 0 saturated carbocycles. The molecule has 0 aliphatic carbocycles. The van der Waals surface area contributed by atoms with Gasteiger partial charge in [0.25, 0.3) is 11.5 Å². The third-order valence-corrected chi connectivity index (χ3v) is 7.45. The lowest BCUT2D eigenvalue weighted by Crippen LogP contribution is -2.41. The van der Waals surface area contributed by atoms with Gasteiger partial charge in [0.1, 0.15) is 26.5 Å². The van der Waals surface area contributed by atoms with Crippen molar-refractivity contribution in [1.29, 1.82) is 5.26 Å². The quantitative estimate of drug-likeness (QED) is 0.445. The smallest absolute Gasteiger partial charge is 0.332 e. The molecular weight excluding hydrogens is 520 g/mol. The van der Waals surface area contributed by atoms with Gasteiger partial charge in [0.05, 0.1) is 44.5 Å². The first kappa shape index (κ1) is 27.2. The van der Waals surface area contributed by atoms with Gasteiger partial charge in [0.15, 0.2) is 0 Å². The van der Waals surface area contributed by atoms with Gasteiger partial charge in [0, 0.05) is 23.4 Å². The van der Waals surface area contributed by atoms with Crippen molar-refractivity contribution >= 4 is 46.4 Å². The van der Waals surface area contributed by atoms with Crippen LogP contribution in [-0.4, -0.2) is 37.8 Å². The van der Waals surface area contributed by atoms with Crippen LogP contribution >= 0.6 is 11.3 Å². The molecule has 3 N–H and O–H groups in total. The number of ether oxygens (including phenoxy) is 3. The summed E-state index contributed by atoms with van der Waals surface area (Å²) in [6.45, 7) is 3.80. The Balaban J connectivity index is 2.09. The van der Waals surface area contributed by atoms with Gasteiger partial charge in [-0.25, -0.2) is 4.79 Å². The number of thiazole rings is 1. The maximum Gasteiger partial charge on any atom is 0.332 e. The number of carbonyl (C=O) groups excluding carboxylic acids is 2. The minimum absolute atomic E-state index is 0.00347. The molecule has 1 aromatic heterocycles. The number of nitrogens with zero attached hydrogens (tertiary/aromatic N) is 2. The second kappa shape index (κ2) is 10.9. The predicted octanol–water partition coefficient (Wildman–Crippen LogP) is 1.74.